The summed E-state index contributed by atoms with van der Waals surface area (Å²) >= 11 is 0. The molecule has 3 fully saturated rings. The first-order valence-electron chi connectivity index (χ1n) is 6.31. The van der Waals surface area contributed by atoms with Crippen molar-refractivity contribution in [1.82, 2.24) is 10.2 Å². The van der Waals surface area contributed by atoms with Gasteiger partial charge in [0.25, 0.3) is 0 Å². The Morgan fingerprint density at radius 1 is 1.44 bits per heavy atom. The average molecular weight is 220 g/mol. The molecule has 16 heavy (non-hydrogen) atoms. The maximum absolute atomic E-state index is 5.46. The molecule has 88 valence electrons. The van der Waals surface area contributed by atoms with E-state index in [1.54, 1.807) is 6.26 Å². The van der Waals surface area contributed by atoms with Gasteiger partial charge in [0.05, 0.1) is 12.8 Å². The molecule has 4 rings (SSSR count). The Morgan fingerprint density at radius 2 is 2.25 bits per heavy atom. The second kappa shape index (κ2) is 4.22. The Balaban J connectivity index is 1.58. The monoisotopic (exact) mass is 220 g/mol. The number of nitrogens with zero attached hydrogens (tertiary/aromatic N) is 1. The summed E-state index contributed by atoms with van der Waals surface area (Å²) in [4.78, 5) is 2.58. The summed E-state index contributed by atoms with van der Waals surface area (Å²) in [5.74, 6) is 1.98. The van der Waals surface area contributed by atoms with E-state index in [4.69, 9.17) is 4.42 Å². The zero-order valence-electron chi connectivity index (χ0n) is 9.91. The van der Waals surface area contributed by atoms with Crippen LogP contribution in [0.25, 0.3) is 0 Å². The molecule has 3 aliphatic heterocycles. The number of aryl methyl sites for hydroxylation is 1. The van der Waals surface area contributed by atoms with Gasteiger partial charge in [-0.3, -0.25) is 0 Å². The predicted molar refractivity (Wildman–Crippen MR) is 63.2 cm³/mol. The Hall–Kier alpha value is -0.800. The van der Waals surface area contributed by atoms with Crippen LogP contribution >= 0.6 is 0 Å². The van der Waals surface area contributed by atoms with E-state index in [0.29, 0.717) is 6.04 Å². The lowest BCUT2D eigenvalue weighted by molar-refractivity contribution is 0.0711. The third-order valence-electron chi connectivity index (χ3n) is 4.15. The minimum Gasteiger partial charge on any atom is -0.468 e. The van der Waals surface area contributed by atoms with Crippen LogP contribution in [0.15, 0.2) is 16.7 Å². The van der Waals surface area contributed by atoms with Gasteiger partial charge in [0, 0.05) is 12.6 Å². The quantitative estimate of drug-likeness (QED) is 0.841. The van der Waals surface area contributed by atoms with Gasteiger partial charge in [0.15, 0.2) is 0 Å². The number of fused-ring (bicyclic) bond motifs is 3. The van der Waals surface area contributed by atoms with Crippen LogP contribution < -0.4 is 5.32 Å². The van der Waals surface area contributed by atoms with E-state index in [9.17, 15) is 0 Å². The molecule has 3 heteroatoms. The summed E-state index contributed by atoms with van der Waals surface area (Å²) < 4.78 is 5.46. The molecule has 0 spiro atoms. The van der Waals surface area contributed by atoms with Crippen LogP contribution in [0.1, 0.15) is 24.2 Å². The number of nitrogens with one attached hydrogen (secondary N) is 1. The Morgan fingerprint density at radius 3 is 2.81 bits per heavy atom. The van der Waals surface area contributed by atoms with Crippen molar-refractivity contribution in [2.45, 2.75) is 32.4 Å². The van der Waals surface area contributed by atoms with Gasteiger partial charge in [-0.2, -0.15) is 0 Å². The van der Waals surface area contributed by atoms with Gasteiger partial charge in [-0.1, -0.05) is 0 Å². The van der Waals surface area contributed by atoms with Crippen LogP contribution in [0.3, 0.4) is 0 Å². The minimum absolute atomic E-state index is 0.673. The summed E-state index contributed by atoms with van der Waals surface area (Å²) in [6.07, 6.45) is 4.52. The summed E-state index contributed by atoms with van der Waals surface area (Å²) in [5.41, 5.74) is 1.26. The number of furan rings is 1. The lowest BCUT2D eigenvalue weighted by Crippen LogP contribution is -2.55. The first-order valence-corrected chi connectivity index (χ1v) is 6.31. The van der Waals surface area contributed by atoms with Crippen molar-refractivity contribution in [2.75, 3.05) is 19.6 Å². The van der Waals surface area contributed by atoms with Gasteiger partial charge >= 0.3 is 0 Å². The maximum Gasteiger partial charge on any atom is 0.120 e. The largest absolute Gasteiger partial charge is 0.468 e. The third-order valence-corrected chi connectivity index (χ3v) is 4.15. The Bertz CT molecular complexity index is 353. The van der Waals surface area contributed by atoms with E-state index < -0.39 is 0 Å². The Kier molecular flexibility index (Phi) is 2.74. The van der Waals surface area contributed by atoms with E-state index in [1.165, 1.54) is 38.0 Å². The average Bonchev–Trinajstić information content (AvgIpc) is 2.74. The van der Waals surface area contributed by atoms with E-state index in [1.807, 2.05) is 6.07 Å². The summed E-state index contributed by atoms with van der Waals surface area (Å²) in [5, 5.41) is 3.66. The first kappa shape index (κ1) is 10.4. The lowest BCUT2D eigenvalue weighted by Gasteiger charge is -2.45. The molecule has 1 aromatic heterocycles. The van der Waals surface area contributed by atoms with Crippen LogP contribution in [0.2, 0.25) is 0 Å². The second-order valence-corrected chi connectivity index (χ2v) is 5.15. The van der Waals surface area contributed by atoms with E-state index in [2.05, 4.69) is 17.1 Å². The van der Waals surface area contributed by atoms with Crippen LogP contribution in [0, 0.1) is 12.8 Å². The minimum atomic E-state index is 0.673. The van der Waals surface area contributed by atoms with Crippen LogP contribution in [-0.2, 0) is 6.54 Å². The molecule has 2 bridgehead atoms. The van der Waals surface area contributed by atoms with E-state index >= 15 is 0 Å². The molecule has 0 aliphatic carbocycles. The number of piperidine rings is 3. The molecule has 1 unspecified atom stereocenters. The van der Waals surface area contributed by atoms with Crippen LogP contribution in [-0.4, -0.2) is 30.6 Å². The number of hydrogen-bond acceptors (Lipinski definition) is 3. The van der Waals surface area contributed by atoms with Gasteiger partial charge in [-0.25, -0.2) is 0 Å². The molecule has 1 atom stereocenters. The molecule has 3 nitrogen and oxygen atoms in total. The fourth-order valence-corrected chi connectivity index (χ4v) is 3.01. The SMILES string of the molecule is Cc1ccoc1CNC1CN2CCC1CC2. The molecule has 3 saturated heterocycles. The third kappa shape index (κ3) is 1.89. The smallest absolute Gasteiger partial charge is 0.120 e. The molecule has 0 saturated carbocycles. The fraction of sp³-hybridized carbons (Fsp3) is 0.692. The van der Waals surface area contributed by atoms with Gasteiger partial charge in [-0.15, -0.1) is 0 Å². The van der Waals surface area contributed by atoms with Gasteiger partial charge in [0.1, 0.15) is 5.76 Å². The van der Waals surface area contributed by atoms with Crippen molar-refractivity contribution in [3.8, 4) is 0 Å². The maximum atomic E-state index is 5.46. The summed E-state index contributed by atoms with van der Waals surface area (Å²) in [6, 6.07) is 2.71. The van der Waals surface area contributed by atoms with E-state index in [0.717, 1.165) is 18.2 Å². The molecule has 0 amide bonds. The standard InChI is InChI=1S/C13H20N2O/c1-10-4-7-16-13(10)8-14-12-9-15-5-2-11(12)3-6-15/h4,7,11-12,14H,2-3,5-6,8-9H2,1H3. The first-order chi connectivity index (χ1) is 7.83. The van der Waals surface area contributed by atoms with Crippen molar-refractivity contribution >= 4 is 0 Å². The molecule has 3 aliphatic rings. The molecular weight excluding hydrogens is 200 g/mol. The molecule has 4 heterocycles. The zero-order chi connectivity index (χ0) is 11.0. The number of hydrogen-bond donors (Lipinski definition) is 1. The topological polar surface area (TPSA) is 28.4 Å². The van der Waals surface area contributed by atoms with Crippen molar-refractivity contribution in [3.05, 3.63) is 23.7 Å². The predicted octanol–water partition coefficient (Wildman–Crippen LogP) is 1.77. The second-order valence-electron chi connectivity index (χ2n) is 5.15. The molecule has 1 N–H and O–H groups in total. The highest BCUT2D eigenvalue weighted by Crippen LogP contribution is 2.27. The van der Waals surface area contributed by atoms with Crippen LogP contribution in [0.4, 0.5) is 0 Å². The number of rotatable bonds is 3. The summed E-state index contributed by atoms with van der Waals surface area (Å²) in [6.45, 7) is 6.83. The van der Waals surface area contributed by atoms with Crippen LogP contribution in [0.5, 0.6) is 0 Å². The molecular formula is C13H20N2O. The van der Waals surface area contributed by atoms with Crippen molar-refractivity contribution in [3.63, 3.8) is 0 Å². The van der Waals surface area contributed by atoms with Crippen molar-refractivity contribution < 1.29 is 4.42 Å². The molecule has 1 aromatic rings. The highest BCUT2D eigenvalue weighted by atomic mass is 16.3. The van der Waals surface area contributed by atoms with Crippen molar-refractivity contribution in [1.29, 1.82) is 0 Å². The zero-order valence-corrected chi connectivity index (χ0v) is 9.91. The highest BCUT2D eigenvalue weighted by Gasteiger charge is 2.33. The van der Waals surface area contributed by atoms with Gasteiger partial charge in [0.2, 0.25) is 0 Å². The van der Waals surface area contributed by atoms with E-state index in [-0.39, 0.29) is 0 Å². The highest BCUT2D eigenvalue weighted by molar-refractivity contribution is 5.14. The fourth-order valence-electron chi connectivity index (χ4n) is 3.01. The molecule has 0 aromatic carbocycles. The van der Waals surface area contributed by atoms with Crippen molar-refractivity contribution in [2.24, 2.45) is 5.92 Å². The Labute approximate surface area is 96.8 Å². The normalized spacial score (nSPS) is 33.2. The summed E-state index contributed by atoms with van der Waals surface area (Å²) in [7, 11) is 0. The lowest BCUT2D eigenvalue weighted by atomic mass is 9.84. The molecule has 0 radical (unpaired) electrons. The van der Waals surface area contributed by atoms with Gasteiger partial charge < -0.3 is 14.6 Å². The van der Waals surface area contributed by atoms with Gasteiger partial charge in [-0.05, 0) is 50.4 Å².